The lowest BCUT2D eigenvalue weighted by Gasteiger charge is -2.09. The van der Waals surface area contributed by atoms with Crippen molar-refractivity contribution in [2.24, 2.45) is 5.92 Å². The number of benzene rings is 1. The van der Waals surface area contributed by atoms with Crippen molar-refractivity contribution in [1.82, 2.24) is 5.32 Å². The molecule has 0 saturated carbocycles. The SMILES string of the molecule is CCc1ccc(NC(=O)CCC2CCNC2)cc1.Cl. The minimum Gasteiger partial charge on any atom is -0.326 e. The van der Waals surface area contributed by atoms with Crippen LogP contribution in [0.4, 0.5) is 5.69 Å². The van der Waals surface area contributed by atoms with Gasteiger partial charge in [-0.05, 0) is 56.0 Å². The summed E-state index contributed by atoms with van der Waals surface area (Å²) in [7, 11) is 0. The Bertz CT molecular complexity index is 386. The Balaban J connectivity index is 0.00000180. The zero-order valence-corrected chi connectivity index (χ0v) is 12.3. The summed E-state index contributed by atoms with van der Waals surface area (Å²) in [5, 5.41) is 6.28. The van der Waals surface area contributed by atoms with Gasteiger partial charge in [-0.1, -0.05) is 19.1 Å². The van der Waals surface area contributed by atoms with Crippen LogP contribution in [0.1, 0.15) is 31.7 Å². The number of carbonyl (C=O) groups excluding carboxylic acids is 1. The van der Waals surface area contributed by atoms with Gasteiger partial charge in [0.1, 0.15) is 0 Å². The molecule has 106 valence electrons. The van der Waals surface area contributed by atoms with Crippen molar-refractivity contribution < 1.29 is 4.79 Å². The molecule has 1 aliphatic rings. The molecule has 2 N–H and O–H groups in total. The molecule has 1 fully saturated rings. The van der Waals surface area contributed by atoms with Crippen molar-refractivity contribution in [1.29, 1.82) is 0 Å². The summed E-state index contributed by atoms with van der Waals surface area (Å²) in [6, 6.07) is 8.09. The maximum absolute atomic E-state index is 11.8. The normalized spacial score (nSPS) is 17.8. The van der Waals surface area contributed by atoms with Crippen LogP contribution < -0.4 is 10.6 Å². The Labute approximate surface area is 121 Å². The first-order valence-electron chi connectivity index (χ1n) is 6.87. The molecule has 0 aliphatic carbocycles. The van der Waals surface area contributed by atoms with E-state index in [1.807, 2.05) is 12.1 Å². The Morgan fingerprint density at radius 1 is 1.37 bits per heavy atom. The van der Waals surface area contributed by atoms with E-state index in [9.17, 15) is 4.79 Å². The van der Waals surface area contributed by atoms with Crippen LogP contribution >= 0.6 is 12.4 Å². The number of anilines is 1. The summed E-state index contributed by atoms with van der Waals surface area (Å²) in [6.45, 7) is 4.30. The first-order valence-corrected chi connectivity index (χ1v) is 6.87. The van der Waals surface area contributed by atoms with Gasteiger partial charge >= 0.3 is 0 Å². The number of carbonyl (C=O) groups is 1. The van der Waals surface area contributed by atoms with E-state index in [2.05, 4.69) is 29.7 Å². The highest BCUT2D eigenvalue weighted by Crippen LogP contribution is 2.15. The molecule has 0 aromatic heterocycles. The second kappa shape index (κ2) is 8.18. The van der Waals surface area contributed by atoms with E-state index < -0.39 is 0 Å². The third-order valence-electron chi connectivity index (χ3n) is 3.59. The van der Waals surface area contributed by atoms with E-state index in [1.165, 1.54) is 12.0 Å². The molecule has 1 aromatic rings. The van der Waals surface area contributed by atoms with Crippen LogP contribution in [0.15, 0.2) is 24.3 Å². The van der Waals surface area contributed by atoms with Gasteiger partial charge in [-0.3, -0.25) is 4.79 Å². The second-order valence-electron chi connectivity index (χ2n) is 5.00. The van der Waals surface area contributed by atoms with Crippen molar-refractivity contribution in [3.05, 3.63) is 29.8 Å². The average molecular weight is 283 g/mol. The molecule has 1 atom stereocenters. The van der Waals surface area contributed by atoms with Gasteiger partial charge in [-0.25, -0.2) is 0 Å². The summed E-state index contributed by atoms with van der Waals surface area (Å²) in [4.78, 5) is 11.8. The number of halogens is 1. The summed E-state index contributed by atoms with van der Waals surface area (Å²) in [6.07, 6.45) is 3.86. The minimum atomic E-state index is 0. The second-order valence-corrected chi connectivity index (χ2v) is 5.00. The molecule has 1 aliphatic heterocycles. The predicted molar refractivity (Wildman–Crippen MR) is 81.9 cm³/mol. The van der Waals surface area contributed by atoms with Gasteiger partial charge in [0.05, 0.1) is 0 Å². The zero-order valence-electron chi connectivity index (χ0n) is 11.4. The summed E-state index contributed by atoms with van der Waals surface area (Å²) >= 11 is 0. The number of aryl methyl sites for hydroxylation is 1. The van der Waals surface area contributed by atoms with Gasteiger partial charge in [-0.2, -0.15) is 0 Å². The molecule has 4 heteroatoms. The highest BCUT2D eigenvalue weighted by Gasteiger charge is 2.15. The summed E-state index contributed by atoms with van der Waals surface area (Å²) < 4.78 is 0. The van der Waals surface area contributed by atoms with Gasteiger partial charge in [0.2, 0.25) is 5.91 Å². The van der Waals surface area contributed by atoms with E-state index in [1.54, 1.807) is 0 Å². The van der Waals surface area contributed by atoms with Crippen LogP contribution in [0, 0.1) is 5.92 Å². The van der Waals surface area contributed by atoms with Crippen molar-refractivity contribution in [2.75, 3.05) is 18.4 Å². The van der Waals surface area contributed by atoms with Crippen LogP contribution in [0.5, 0.6) is 0 Å². The average Bonchev–Trinajstić information content (AvgIpc) is 2.90. The van der Waals surface area contributed by atoms with Crippen LogP contribution in [0.25, 0.3) is 0 Å². The molecule has 0 bridgehead atoms. The van der Waals surface area contributed by atoms with Gasteiger partial charge in [0.15, 0.2) is 0 Å². The highest BCUT2D eigenvalue weighted by molar-refractivity contribution is 5.90. The standard InChI is InChI=1S/C15H22N2O.ClH/c1-2-12-3-6-14(7-4-12)17-15(18)8-5-13-9-10-16-11-13;/h3-4,6-7,13,16H,2,5,8-11H2,1H3,(H,17,18);1H. The lowest BCUT2D eigenvalue weighted by atomic mass is 10.0. The van der Waals surface area contributed by atoms with E-state index in [-0.39, 0.29) is 18.3 Å². The minimum absolute atomic E-state index is 0. The Kier molecular flexibility index (Phi) is 6.89. The van der Waals surface area contributed by atoms with Crippen LogP contribution in [0.2, 0.25) is 0 Å². The highest BCUT2D eigenvalue weighted by atomic mass is 35.5. The molecule has 2 rings (SSSR count). The van der Waals surface area contributed by atoms with Crippen LogP contribution in [0.3, 0.4) is 0 Å². The van der Waals surface area contributed by atoms with Crippen LogP contribution in [-0.4, -0.2) is 19.0 Å². The van der Waals surface area contributed by atoms with Crippen LogP contribution in [-0.2, 0) is 11.2 Å². The lowest BCUT2D eigenvalue weighted by Crippen LogP contribution is -2.14. The first kappa shape index (κ1) is 16.0. The monoisotopic (exact) mass is 282 g/mol. The van der Waals surface area contributed by atoms with Gasteiger partial charge < -0.3 is 10.6 Å². The molecular weight excluding hydrogens is 260 g/mol. The lowest BCUT2D eigenvalue weighted by molar-refractivity contribution is -0.116. The summed E-state index contributed by atoms with van der Waals surface area (Å²) in [5.41, 5.74) is 2.20. The Morgan fingerprint density at radius 2 is 2.11 bits per heavy atom. The fourth-order valence-electron chi connectivity index (χ4n) is 2.34. The van der Waals surface area contributed by atoms with Crippen molar-refractivity contribution >= 4 is 24.0 Å². The number of rotatable bonds is 5. The third kappa shape index (κ3) is 5.21. The fraction of sp³-hybridized carbons (Fsp3) is 0.533. The molecule has 1 amide bonds. The molecule has 1 heterocycles. The number of hydrogen-bond donors (Lipinski definition) is 2. The van der Waals surface area contributed by atoms with Crippen molar-refractivity contribution in [2.45, 2.75) is 32.6 Å². The molecule has 1 unspecified atom stereocenters. The fourth-order valence-corrected chi connectivity index (χ4v) is 2.34. The molecular formula is C15H23ClN2O. The van der Waals surface area contributed by atoms with E-state index in [0.717, 1.165) is 31.6 Å². The smallest absolute Gasteiger partial charge is 0.224 e. The van der Waals surface area contributed by atoms with Crippen molar-refractivity contribution in [3.63, 3.8) is 0 Å². The molecule has 19 heavy (non-hydrogen) atoms. The van der Waals surface area contributed by atoms with Gasteiger partial charge in [0.25, 0.3) is 0 Å². The summed E-state index contributed by atoms with van der Waals surface area (Å²) in [5.74, 6) is 0.810. The number of nitrogens with one attached hydrogen (secondary N) is 2. The molecule has 1 saturated heterocycles. The molecule has 0 radical (unpaired) electrons. The maximum atomic E-state index is 11.8. The molecule has 3 nitrogen and oxygen atoms in total. The van der Waals surface area contributed by atoms with E-state index in [4.69, 9.17) is 0 Å². The van der Waals surface area contributed by atoms with E-state index >= 15 is 0 Å². The van der Waals surface area contributed by atoms with Gasteiger partial charge in [0, 0.05) is 12.1 Å². The Hall–Kier alpha value is -1.06. The third-order valence-corrected chi connectivity index (χ3v) is 3.59. The predicted octanol–water partition coefficient (Wildman–Crippen LogP) is 3.00. The van der Waals surface area contributed by atoms with Crippen molar-refractivity contribution in [3.8, 4) is 0 Å². The zero-order chi connectivity index (χ0) is 12.8. The Morgan fingerprint density at radius 3 is 2.68 bits per heavy atom. The molecule has 1 aromatic carbocycles. The van der Waals surface area contributed by atoms with Gasteiger partial charge in [-0.15, -0.1) is 12.4 Å². The number of amides is 1. The number of hydrogen-bond acceptors (Lipinski definition) is 2. The van der Waals surface area contributed by atoms with E-state index in [0.29, 0.717) is 12.3 Å². The molecule has 0 spiro atoms. The topological polar surface area (TPSA) is 41.1 Å². The maximum Gasteiger partial charge on any atom is 0.224 e. The quantitative estimate of drug-likeness (QED) is 0.872. The first-order chi connectivity index (χ1) is 8.78. The largest absolute Gasteiger partial charge is 0.326 e.